The van der Waals surface area contributed by atoms with Crippen LogP contribution in [0.5, 0.6) is 0 Å². The Morgan fingerprint density at radius 2 is 1.25 bits per heavy atom. The van der Waals surface area contributed by atoms with Gasteiger partial charge in [0.05, 0.1) is 27.2 Å². The molecule has 0 amide bonds. The third-order valence-corrected chi connectivity index (χ3v) is 2.16. The van der Waals surface area contributed by atoms with Crippen LogP contribution in [0.2, 0.25) is 0 Å². The standard InChI is InChI=1S/C10H16O6/c1-6(8(11)14-2)5-7(9(12)15-3)10(13)16-4/h6-7H,5H2,1-4H3. The summed E-state index contributed by atoms with van der Waals surface area (Å²) >= 11 is 0. The molecule has 1 atom stereocenters. The number of carbonyl (C=O) groups is 3. The molecule has 0 saturated carbocycles. The van der Waals surface area contributed by atoms with Crippen LogP contribution >= 0.6 is 0 Å². The molecule has 0 rings (SSSR count). The zero-order valence-corrected chi connectivity index (χ0v) is 9.81. The van der Waals surface area contributed by atoms with Crippen LogP contribution in [0.3, 0.4) is 0 Å². The third kappa shape index (κ3) is 3.88. The summed E-state index contributed by atoms with van der Waals surface area (Å²) in [4.78, 5) is 33.7. The lowest BCUT2D eigenvalue weighted by molar-refractivity contribution is -0.160. The molecule has 92 valence electrons. The van der Waals surface area contributed by atoms with E-state index in [2.05, 4.69) is 14.2 Å². The smallest absolute Gasteiger partial charge is 0.320 e. The third-order valence-electron chi connectivity index (χ3n) is 2.16. The molecule has 0 spiro atoms. The van der Waals surface area contributed by atoms with Crippen LogP contribution in [0.25, 0.3) is 0 Å². The Kier molecular flexibility index (Phi) is 6.14. The minimum Gasteiger partial charge on any atom is -0.469 e. The van der Waals surface area contributed by atoms with Crippen LogP contribution in [0.1, 0.15) is 13.3 Å². The molecule has 6 heteroatoms. The van der Waals surface area contributed by atoms with Gasteiger partial charge in [-0.15, -0.1) is 0 Å². The summed E-state index contributed by atoms with van der Waals surface area (Å²) in [7, 11) is 3.58. The van der Waals surface area contributed by atoms with E-state index < -0.39 is 29.7 Å². The normalized spacial score (nSPS) is 11.8. The van der Waals surface area contributed by atoms with Gasteiger partial charge in [-0.2, -0.15) is 0 Å². The summed E-state index contributed by atoms with van der Waals surface area (Å²) < 4.78 is 13.4. The topological polar surface area (TPSA) is 78.9 Å². The molecular formula is C10H16O6. The Labute approximate surface area is 93.8 Å². The van der Waals surface area contributed by atoms with Crippen LogP contribution in [-0.4, -0.2) is 39.2 Å². The Hall–Kier alpha value is -1.59. The second-order valence-corrected chi connectivity index (χ2v) is 3.26. The van der Waals surface area contributed by atoms with Crippen molar-refractivity contribution in [2.24, 2.45) is 11.8 Å². The maximum absolute atomic E-state index is 11.3. The lowest BCUT2D eigenvalue weighted by atomic mass is 9.96. The molecule has 0 N–H and O–H groups in total. The highest BCUT2D eigenvalue weighted by Crippen LogP contribution is 2.16. The molecule has 16 heavy (non-hydrogen) atoms. The Balaban J connectivity index is 4.61. The molecule has 0 bridgehead atoms. The van der Waals surface area contributed by atoms with Crippen LogP contribution < -0.4 is 0 Å². The first-order chi connectivity index (χ1) is 7.47. The van der Waals surface area contributed by atoms with Crippen molar-refractivity contribution in [2.45, 2.75) is 13.3 Å². The summed E-state index contributed by atoms with van der Waals surface area (Å²) in [5.41, 5.74) is 0. The molecule has 0 radical (unpaired) electrons. The molecule has 0 aliphatic rings. The number of rotatable bonds is 5. The number of esters is 3. The molecule has 0 heterocycles. The van der Waals surface area contributed by atoms with E-state index in [1.807, 2.05) is 0 Å². The number of carbonyl (C=O) groups excluding carboxylic acids is 3. The first-order valence-electron chi connectivity index (χ1n) is 4.71. The van der Waals surface area contributed by atoms with E-state index in [1.165, 1.54) is 21.3 Å². The Morgan fingerprint density at radius 1 is 0.875 bits per heavy atom. The number of ether oxygens (including phenoxy) is 3. The largest absolute Gasteiger partial charge is 0.469 e. The van der Waals surface area contributed by atoms with Crippen molar-refractivity contribution < 1.29 is 28.6 Å². The lowest BCUT2D eigenvalue weighted by Crippen LogP contribution is -2.30. The SMILES string of the molecule is COC(=O)C(C)CC(C(=O)OC)C(=O)OC. The van der Waals surface area contributed by atoms with Crippen LogP contribution in [0.15, 0.2) is 0 Å². The van der Waals surface area contributed by atoms with Crippen molar-refractivity contribution in [1.29, 1.82) is 0 Å². The van der Waals surface area contributed by atoms with E-state index in [1.54, 1.807) is 6.92 Å². The number of hydrogen-bond acceptors (Lipinski definition) is 6. The van der Waals surface area contributed by atoms with Gasteiger partial charge < -0.3 is 14.2 Å². The van der Waals surface area contributed by atoms with Gasteiger partial charge in [-0.3, -0.25) is 14.4 Å². The van der Waals surface area contributed by atoms with Gasteiger partial charge in [0.15, 0.2) is 5.92 Å². The highest BCUT2D eigenvalue weighted by atomic mass is 16.5. The summed E-state index contributed by atoms with van der Waals surface area (Å²) in [6.07, 6.45) is 0.00597. The van der Waals surface area contributed by atoms with Crippen molar-refractivity contribution >= 4 is 17.9 Å². The van der Waals surface area contributed by atoms with Crippen molar-refractivity contribution in [1.82, 2.24) is 0 Å². The van der Waals surface area contributed by atoms with E-state index in [-0.39, 0.29) is 6.42 Å². The molecule has 0 saturated heterocycles. The summed E-state index contributed by atoms with van der Waals surface area (Å²) in [5, 5.41) is 0. The fraction of sp³-hybridized carbons (Fsp3) is 0.700. The average molecular weight is 232 g/mol. The van der Waals surface area contributed by atoms with Crippen molar-refractivity contribution in [3.8, 4) is 0 Å². The first kappa shape index (κ1) is 14.4. The van der Waals surface area contributed by atoms with Gasteiger partial charge in [0.2, 0.25) is 0 Å². The minimum atomic E-state index is -1.09. The zero-order chi connectivity index (χ0) is 12.7. The molecule has 1 unspecified atom stereocenters. The average Bonchev–Trinajstić information content (AvgIpc) is 2.32. The predicted molar refractivity (Wildman–Crippen MR) is 53.3 cm³/mol. The van der Waals surface area contributed by atoms with Crippen molar-refractivity contribution in [3.05, 3.63) is 0 Å². The molecule has 6 nitrogen and oxygen atoms in total. The van der Waals surface area contributed by atoms with E-state index in [4.69, 9.17) is 0 Å². The Morgan fingerprint density at radius 3 is 1.56 bits per heavy atom. The minimum absolute atomic E-state index is 0.00597. The lowest BCUT2D eigenvalue weighted by Gasteiger charge is -2.15. The number of methoxy groups -OCH3 is 3. The maximum Gasteiger partial charge on any atom is 0.320 e. The highest BCUT2D eigenvalue weighted by Gasteiger charge is 2.32. The monoisotopic (exact) mass is 232 g/mol. The van der Waals surface area contributed by atoms with Crippen LogP contribution in [0, 0.1) is 11.8 Å². The molecule has 0 aliphatic heterocycles. The van der Waals surface area contributed by atoms with E-state index in [9.17, 15) is 14.4 Å². The van der Waals surface area contributed by atoms with Gasteiger partial charge in [-0.05, 0) is 6.42 Å². The molecule has 0 aliphatic carbocycles. The van der Waals surface area contributed by atoms with Gasteiger partial charge >= 0.3 is 17.9 Å². The maximum atomic E-state index is 11.3. The van der Waals surface area contributed by atoms with Crippen molar-refractivity contribution in [3.63, 3.8) is 0 Å². The van der Waals surface area contributed by atoms with Gasteiger partial charge in [0.1, 0.15) is 0 Å². The summed E-state index contributed by atoms with van der Waals surface area (Å²) in [5.74, 6) is -3.60. The van der Waals surface area contributed by atoms with Crippen molar-refractivity contribution in [2.75, 3.05) is 21.3 Å². The summed E-state index contributed by atoms with van der Waals surface area (Å²) in [6, 6.07) is 0. The molecule has 0 fully saturated rings. The molecular weight excluding hydrogens is 216 g/mol. The second kappa shape index (κ2) is 6.81. The molecule has 0 aromatic rings. The fourth-order valence-corrected chi connectivity index (χ4v) is 1.22. The fourth-order valence-electron chi connectivity index (χ4n) is 1.22. The first-order valence-corrected chi connectivity index (χ1v) is 4.71. The highest BCUT2D eigenvalue weighted by molar-refractivity contribution is 5.95. The van der Waals surface area contributed by atoms with E-state index >= 15 is 0 Å². The number of hydrogen-bond donors (Lipinski definition) is 0. The zero-order valence-electron chi connectivity index (χ0n) is 9.81. The summed E-state index contributed by atoms with van der Waals surface area (Å²) in [6.45, 7) is 1.56. The quantitative estimate of drug-likeness (QED) is 0.381. The van der Waals surface area contributed by atoms with E-state index in [0.717, 1.165) is 0 Å². The van der Waals surface area contributed by atoms with E-state index in [0.29, 0.717) is 0 Å². The van der Waals surface area contributed by atoms with Gasteiger partial charge in [0, 0.05) is 0 Å². The van der Waals surface area contributed by atoms with Gasteiger partial charge in [-0.1, -0.05) is 6.92 Å². The van der Waals surface area contributed by atoms with Gasteiger partial charge in [0.25, 0.3) is 0 Å². The predicted octanol–water partition coefficient (Wildman–Crippen LogP) is 0.148. The second-order valence-electron chi connectivity index (χ2n) is 3.26. The van der Waals surface area contributed by atoms with Crippen LogP contribution in [0.4, 0.5) is 0 Å². The molecule has 0 aromatic heterocycles. The Bertz CT molecular complexity index is 256. The molecule has 0 aromatic carbocycles. The van der Waals surface area contributed by atoms with Crippen LogP contribution in [-0.2, 0) is 28.6 Å². The van der Waals surface area contributed by atoms with Gasteiger partial charge in [-0.25, -0.2) is 0 Å².